The molecule has 0 aliphatic rings. The van der Waals surface area contributed by atoms with Gasteiger partial charge >= 0.3 is 0 Å². The molecule has 2 aromatic rings. The number of hydrogen-bond donors (Lipinski definition) is 2. The van der Waals surface area contributed by atoms with Gasteiger partial charge in [0.15, 0.2) is 0 Å². The van der Waals surface area contributed by atoms with Crippen LogP contribution in [0.2, 0.25) is 0 Å². The molecule has 0 saturated heterocycles. The van der Waals surface area contributed by atoms with Crippen LogP contribution in [0.3, 0.4) is 0 Å². The second kappa shape index (κ2) is 7.28. The molecule has 0 unspecified atom stereocenters. The van der Waals surface area contributed by atoms with Gasteiger partial charge in [-0.2, -0.15) is 0 Å². The molecule has 4 nitrogen and oxygen atoms in total. The Morgan fingerprint density at radius 3 is 2.38 bits per heavy atom. The Labute approximate surface area is 131 Å². The molecule has 0 fully saturated rings. The zero-order chi connectivity index (χ0) is 15.2. The summed E-state index contributed by atoms with van der Waals surface area (Å²) in [6.45, 7) is 3.95. The molecule has 1 aromatic heterocycles. The van der Waals surface area contributed by atoms with Crippen molar-refractivity contribution in [3.05, 3.63) is 51.7 Å². The third-order valence-corrected chi connectivity index (χ3v) is 4.68. The maximum absolute atomic E-state index is 11.8. The van der Waals surface area contributed by atoms with Gasteiger partial charge in [0.05, 0.1) is 10.6 Å². The first-order chi connectivity index (χ1) is 10.0. The number of thioether (sulfide) groups is 1. The van der Waals surface area contributed by atoms with Crippen molar-refractivity contribution in [1.82, 2.24) is 10.9 Å². The number of nitrogens with one attached hydrogen (secondary N) is 2. The summed E-state index contributed by atoms with van der Waals surface area (Å²) in [6.07, 6.45) is 0. The lowest BCUT2D eigenvalue weighted by atomic mass is 10.2. The molecule has 1 aromatic carbocycles. The summed E-state index contributed by atoms with van der Waals surface area (Å²) >= 11 is 2.82. The molecule has 0 aliphatic heterocycles. The predicted molar refractivity (Wildman–Crippen MR) is 86.6 cm³/mol. The number of carbonyl (C=O) groups excluding carboxylic acids is 2. The van der Waals surface area contributed by atoms with Gasteiger partial charge in [0, 0.05) is 9.77 Å². The zero-order valence-corrected chi connectivity index (χ0v) is 13.4. The van der Waals surface area contributed by atoms with Gasteiger partial charge in [-0.05, 0) is 38.1 Å². The fourth-order valence-electron chi connectivity index (χ4n) is 1.56. The smallest absolute Gasteiger partial charge is 0.272 e. The maximum Gasteiger partial charge on any atom is 0.279 e. The van der Waals surface area contributed by atoms with Crippen LogP contribution in [0.15, 0.2) is 41.3 Å². The highest BCUT2D eigenvalue weighted by Crippen LogP contribution is 2.17. The molecule has 0 atom stereocenters. The van der Waals surface area contributed by atoms with Crippen molar-refractivity contribution < 1.29 is 9.59 Å². The molecular weight excluding hydrogens is 304 g/mol. The van der Waals surface area contributed by atoms with Gasteiger partial charge in [0.2, 0.25) is 5.91 Å². The fourth-order valence-corrected chi connectivity index (χ4v) is 3.03. The Morgan fingerprint density at radius 1 is 1.05 bits per heavy atom. The van der Waals surface area contributed by atoms with Crippen molar-refractivity contribution in [1.29, 1.82) is 0 Å². The Bertz CT molecular complexity index is 635. The zero-order valence-electron chi connectivity index (χ0n) is 11.8. The second-order valence-corrected chi connectivity index (χ2v) is 6.85. The first kappa shape index (κ1) is 15.6. The van der Waals surface area contributed by atoms with Gasteiger partial charge in [-0.3, -0.25) is 20.4 Å². The number of thiophene rings is 1. The van der Waals surface area contributed by atoms with E-state index < -0.39 is 0 Å². The van der Waals surface area contributed by atoms with Gasteiger partial charge in [-0.15, -0.1) is 23.1 Å². The average Bonchev–Trinajstić information content (AvgIpc) is 2.91. The molecule has 2 amide bonds. The molecular formula is C15H16N2O2S2. The normalized spacial score (nSPS) is 10.2. The average molecular weight is 320 g/mol. The minimum Gasteiger partial charge on any atom is -0.272 e. The highest BCUT2D eigenvalue weighted by atomic mass is 32.2. The molecule has 21 heavy (non-hydrogen) atoms. The van der Waals surface area contributed by atoms with Crippen molar-refractivity contribution in [2.75, 3.05) is 5.75 Å². The number of aryl methyl sites for hydroxylation is 2. The number of amides is 2. The summed E-state index contributed by atoms with van der Waals surface area (Å²) in [4.78, 5) is 26.1. The van der Waals surface area contributed by atoms with Crippen LogP contribution in [0.5, 0.6) is 0 Å². The topological polar surface area (TPSA) is 58.2 Å². The van der Waals surface area contributed by atoms with E-state index in [1.807, 2.05) is 44.2 Å². The van der Waals surface area contributed by atoms with E-state index in [1.54, 1.807) is 6.07 Å². The SMILES string of the molecule is Cc1ccc(SCC(=O)NNC(=O)c2ccc(C)s2)cc1. The van der Waals surface area contributed by atoms with Gasteiger partial charge in [0.1, 0.15) is 0 Å². The third-order valence-electron chi connectivity index (χ3n) is 2.67. The molecule has 0 aliphatic carbocycles. The van der Waals surface area contributed by atoms with Crippen LogP contribution in [0.25, 0.3) is 0 Å². The van der Waals surface area contributed by atoms with E-state index in [4.69, 9.17) is 0 Å². The molecule has 0 radical (unpaired) electrons. The third kappa shape index (κ3) is 4.91. The summed E-state index contributed by atoms with van der Waals surface area (Å²) in [7, 11) is 0. The summed E-state index contributed by atoms with van der Waals surface area (Å²) in [5.74, 6) is -0.267. The second-order valence-electron chi connectivity index (χ2n) is 4.51. The highest BCUT2D eigenvalue weighted by Gasteiger charge is 2.09. The summed E-state index contributed by atoms with van der Waals surface area (Å²) in [5, 5.41) is 0. The van der Waals surface area contributed by atoms with E-state index in [0.717, 1.165) is 9.77 Å². The minimum absolute atomic E-state index is 0.234. The largest absolute Gasteiger partial charge is 0.279 e. The van der Waals surface area contributed by atoms with E-state index >= 15 is 0 Å². The predicted octanol–water partition coefficient (Wildman–Crippen LogP) is 2.92. The van der Waals surface area contributed by atoms with Crippen molar-refractivity contribution >= 4 is 34.9 Å². The van der Waals surface area contributed by atoms with Crippen LogP contribution in [-0.2, 0) is 4.79 Å². The Balaban J connectivity index is 1.74. The standard InChI is InChI=1S/C15H16N2O2S2/c1-10-3-6-12(7-4-10)20-9-14(18)16-17-15(19)13-8-5-11(2)21-13/h3-8H,9H2,1-2H3,(H,16,18)(H,17,19). The minimum atomic E-state index is -0.290. The van der Waals surface area contributed by atoms with Crippen molar-refractivity contribution in [3.63, 3.8) is 0 Å². The molecule has 2 N–H and O–H groups in total. The van der Waals surface area contributed by atoms with E-state index in [2.05, 4.69) is 10.9 Å². The summed E-state index contributed by atoms with van der Waals surface area (Å²) in [6, 6.07) is 11.6. The van der Waals surface area contributed by atoms with Gasteiger partial charge in [-0.1, -0.05) is 17.7 Å². The Kier molecular flexibility index (Phi) is 5.41. The Hall–Kier alpha value is -1.79. The highest BCUT2D eigenvalue weighted by molar-refractivity contribution is 8.00. The molecule has 0 bridgehead atoms. The maximum atomic E-state index is 11.8. The Morgan fingerprint density at radius 2 is 1.76 bits per heavy atom. The van der Waals surface area contributed by atoms with E-state index in [-0.39, 0.29) is 17.6 Å². The molecule has 2 rings (SSSR count). The first-order valence-electron chi connectivity index (χ1n) is 6.39. The van der Waals surface area contributed by atoms with Crippen molar-refractivity contribution in [2.45, 2.75) is 18.7 Å². The molecule has 110 valence electrons. The van der Waals surface area contributed by atoms with Gasteiger partial charge in [-0.25, -0.2) is 0 Å². The molecule has 6 heteroatoms. The summed E-state index contributed by atoms with van der Waals surface area (Å²) in [5.41, 5.74) is 6.02. The van der Waals surface area contributed by atoms with Crippen LogP contribution in [0.1, 0.15) is 20.1 Å². The van der Waals surface area contributed by atoms with Crippen molar-refractivity contribution in [3.8, 4) is 0 Å². The van der Waals surface area contributed by atoms with Crippen LogP contribution in [0, 0.1) is 13.8 Å². The van der Waals surface area contributed by atoms with Crippen molar-refractivity contribution in [2.24, 2.45) is 0 Å². The van der Waals surface area contributed by atoms with Gasteiger partial charge < -0.3 is 0 Å². The lowest BCUT2D eigenvalue weighted by Crippen LogP contribution is -2.42. The monoisotopic (exact) mass is 320 g/mol. The number of hydrogen-bond acceptors (Lipinski definition) is 4. The number of benzene rings is 1. The number of carbonyl (C=O) groups is 2. The number of rotatable bonds is 4. The van der Waals surface area contributed by atoms with Crippen LogP contribution in [-0.4, -0.2) is 17.6 Å². The van der Waals surface area contributed by atoms with E-state index in [0.29, 0.717) is 4.88 Å². The van der Waals surface area contributed by atoms with Gasteiger partial charge in [0.25, 0.3) is 5.91 Å². The lowest BCUT2D eigenvalue weighted by molar-refractivity contribution is -0.119. The quantitative estimate of drug-likeness (QED) is 0.673. The molecule has 0 saturated carbocycles. The number of hydrazine groups is 1. The summed E-state index contributed by atoms with van der Waals surface area (Å²) < 4.78 is 0. The van der Waals surface area contributed by atoms with E-state index in [9.17, 15) is 9.59 Å². The first-order valence-corrected chi connectivity index (χ1v) is 8.20. The van der Waals surface area contributed by atoms with Crippen LogP contribution >= 0.6 is 23.1 Å². The van der Waals surface area contributed by atoms with E-state index in [1.165, 1.54) is 28.7 Å². The fraction of sp³-hybridized carbons (Fsp3) is 0.200. The molecule has 1 heterocycles. The lowest BCUT2D eigenvalue weighted by Gasteiger charge is -2.06. The molecule has 0 spiro atoms. The van der Waals surface area contributed by atoms with Crippen LogP contribution < -0.4 is 10.9 Å². The van der Waals surface area contributed by atoms with Crippen LogP contribution in [0.4, 0.5) is 0 Å².